The summed E-state index contributed by atoms with van der Waals surface area (Å²) in [4.78, 5) is 12.2. The number of carbonyl (C=O) groups is 1. The van der Waals surface area contributed by atoms with Gasteiger partial charge in [0, 0.05) is 22.8 Å². The van der Waals surface area contributed by atoms with Crippen LogP contribution in [0, 0.1) is 0 Å². The first-order valence-electron chi connectivity index (χ1n) is 8.95. The second kappa shape index (κ2) is 9.61. The SMILES string of the molecule is CCOc1ccc(-c2nnc(SCC(=O)Nc3ccc(Cl)cc3)n2CC)cc1. The first kappa shape index (κ1) is 20.2. The number of rotatable bonds is 8. The van der Waals surface area contributed by atoms with Crippen molar-refractivity contribution in [1.29, 1.82) is 0 Å². The fourth-order valence-corrected chi connectivity index (χ4v) is 3.55. The molecule has 3 aromatic rings. The molecule has 1 aromatic heterocycles. The molecule has 1 amide bonds. The summed E-state index contributed by atoms with van der Waals surface area (Å²) in [6, 6.07) is 14.8. The number of hydrogen-bond acceptors (Lipinski definition) is 5. The molecule has 6 nitrogen and oxygen atoms in total. The second-order valence-corrected chi connectivity index (χ2v) is 7.23. The van der Waals surface area contributed by atoms with Gasteiger partial charge in [-0.15, -0.1) is 10.2 Å². The van der Waals surface area contributed by atoms with Crippen molar-refractivity contribution < 1.29 is 9.53 Å². The zero-order valence-electron chi connectivity index (χ0n) is 15.7. The normalized spacial score (nSPS) is 10.7. The van der Waals surface area contributed by atoms with Crippen LogP contribution in [0.3, 0.4) is 0 Å². The highest BCUT2D eigenvalue weighted by molar-refractivity contribution is 7.99. The molecule has 0 fully saturated rings. The molecule has 0 aliphatic carbocycles. The number of halogens is 1. The largest absolute Gasteiger partial charge is 0.494 e. The summed E-state index contributed by atoms with van der Waals surface area (Å²) >= 11 is 7.21. The Bertz CT molecular complexity index is 926. The molecule has 146 valence electrons. The molecule has 8 heteroatoms. The minimum absolute atomic E-state index is 0.111. The van der Waals surface area contributed by atoms with Crippen molar-refractivity contribution in [3.8, 4) is 17.1 Å². The minimum Gasteiger partial charge on any atom is -0.494 e. The molecule has 0 spiro atoms. The Morgan fingerprint density at radius 2 is 1.82 bits per heavy atom. The third-order valence-corrected chi connectivity index (χ3v) is 5.14. The number of benzene rings is 2. The number of carbonyl (C=O) groups excluding carboxylic acids is 1. The standard InChI is InChI=1S/C20H21ClN4O2S/c1-3-25-19(14-5-11-17(12-6-14)27-4-2)23-24-20(25)28-13-18(26)22-16-9-7-15(21)8-10-16/h5-12H,3-4,13H2,1-2H3,(H,22,26). The van der Waals surface area contributed by atoms with Gasteiger partial charge in [-0.1, -0.05) is 23.4 Å². The van der Waals surface area contributed by atoms with Gasteiger partial charge in [-0.3, -0.25) is 4.79 Å². The van der Waals surface area contributed by atoms with Crippen molar-refractivity contribution in [1.82, 2.24) is 14.8 Å². The Kier molecular flexibility index (Phi) is 6.95. The Balaban J connectivity index is 1.66. The zero-order valence-corrected chi connectivity index (χ0v) is 17.3. The van der Waals surface area contributed by atoms with Crippen molar-refractivity contribution in [2.45, 2.75) is 25.5 Å². The molecule has 3 rings (SSSR count). The van der Waals surface area contributed by atoms with Gasteiger partial charge in [0.15, 0.2) is 11.0 Å². The van der Waals surface area contributed by atoms with Gasteiger partial charge in [-0.2, -0.15) is 0 Å². The molecule has 28 heavy (non-hydrogen) atoms. The molecule has 0 bridgehead atoms. The fraction of sp³-hybridized carbons (Fsp3) is 0.250. The molecule has 0 atom stereocenters. The van der Waals surface area contributed by atoms with Crippen LogP contribution in [-0.2, 0) is 11.3 Å². The highest BCUT2D eigenvalue weighted by Gasteiger charge is 2.15. The van der Waals surface area contributed by atoms with Gasteiger partial charge >= 0.3 is 0 Å². The quantitative estimate of drug-likeness (QED) is 0.537. The summed E-state index contributed by atoms with van der Waals surface area (Å²) in [5.74, 6) is 1.72. The lowest BCUT2D eigenvalue weighted by Gasteiger charge is -2.09. The van der Waals surface area contributed by atoms with Crippen LogP contribution in [-0.4, -0.2) is 33.0 Å². The van der Waals surface area contributed by atoms with Crippen molar-refractivity contribution in [3.05, 3.63) is 53.6 Å². The van der Waals surface area contributed by atoms with Crippen molar-refractivity contribution in [3.63, 3.8) is 0 Å². The maximum Gasteiger partial charge on any atom is 0.234 e. The van der Waals surface area contributed by atoms with Crippen LogP contribution in [0.2, 0.25) is 5.02 Å². The highest BCUT2D eigenvalue weighted by atomic mass is 35.5. The van der Waals surface area contributed by atoms with E-state index in [-0.39, 0.29) is 11.7 Å². The first-order chi connectivity index (χ1) is 13.6. The molecule has 1 heterocycles. The summed E-state index contributed by atoms with van der Waals surface area (Å²) < 4.78 is 7.48. The average Bonchev–Trinajstić information content (AvgIpc) is 3.12. The predicted molar refractivity (Wildman–Crippen MR) is 113 cm³/mol. The molecule has 0 unspecified atom stereocenters. The summed E-state index contributed by atoms with van der Waals surface area (Å²) in [7, 11) is 0. The van der Waals surface area contributed by atoms with Crippen LogP contribution in [0.15, 0.2) is 53.7 Å². The smallest absolute Gasteiger partial charge is 0.234 e. The maximum absolute atomic E-state index is 12.2. The number of hydrogen-bond donors (Lipinski definition) is 1. The lowest BCUT2D eigenvalue weighted by molar-refractivity contribution is -0.113. The van der Waals surface area contributed by atoms with Gasteiger partial charge in [0.1, 0.15) is 5.75 Å². The van der Waals surface area contributed by atoms with E-state index in [1.807, 2.05) is 42.7 Å². The summed E-state index contributed by atoms with van der Waals surface area (Å²) in [6.45, 7) is 5.31. The van der Waals surface area contributed by atoms with Crippen molar-refractivity contribution >= 4 is 35.0 Å². The zero-order chi connectivity index (χ0) is 19.9. The third-order valence-electron chi connectivity index (χ3n) is 3.92. The van der Waals surface area contributed by atoms with Crippen molar-refractivity contribution in [2.24, 2.45) is 0 Å². The lowest BCUT2D eigenvalue weighted by Crippen LogP contribution is -2.14. The lowest BCUT2D eigenvalue weighted by atomic mass is 10.2. The Morgan fingerprint density at radius 1 is 1.11 bits per heavy atom. The fourth-order valence-electron chi connectivity index (χ4n) is 2.62. The topological polar surface area (TPSA) is 69.0 Å². The first-order valence-corrected chi connectivity index (χ1v) is 10.3. The van der Waals surface area contributed by atoms with Gasteiger partial charge < -0.3 is 14.6 Å². The summed E-state index contributed by atoms with van der Waals surface area (Å²) in [6.07, 6.45) is 0. The van der Waals surface area contributed by atoms with E-state index in [1.165, 1.54) is 11.8 Å². The van der Waals surface area contributed by atoms with Crippen LogP contribution in [0.5, 0.6) is 5.75 Å². The molecule has 2 aromatic carbocycles. The average molecular weight is 417 g/mol. The number of nitrogens with one attached hydrogen (secondary N) is 1. The van der Waals surface area contributed by atoms with Crippen LogP contribution in [0.25, 0.3) is 11.4 Å². The maximum atomic E-state index is 12.2. The van der Waals surface area contributed by atoms with Crippen LogP contribution < -0.4 is 10.1 Å². The number of amides is 1. The number of nitrogens with zero attached hydrogens (tertiary/aromatic N) is 3. The molecular weight excluding hydrogens is 396 g/mol. The minimum atomic E-state index is -0.111. The van der Waals surface area contributed by atoms with Gasteiger partial charge in [0.05, 0.1) is 12.4 Å². The van der Waals surface area contributed by atoms with E-state index >= 15 is 0 Å². The molecule has 0 aliphatic rings. The van der Waals surface area contributed by atoms with Crippen molar-refractivity contribution in [2.75, 3.05) is 17.7 Å². The predicted octanol–water partition coefficient (Wildman–Crippen LogP) is 4.75. The van der Waals surface area contributed by atoms with E-state index in [0.29, 0.717) is 29.0 Å². The molecule has 0 saturated heterocycles. The summed E-state index contributed by atoms with van der Waals surface area (Å²) in [5.41, 5.74) is 1.66. The highest BCUT2D eigenvalue weighted by Crippen LogP contribution is 2.26. The summed E-state index contributed by atoms with van der Waals surface area (Å²) in [5, 5.41) is 12.7. The monoisotopic (exact) mass is 416 g/mol. The van der Waals surface area contributed by atoms with Gasteiger partial charge in [-0.05, 0) is 62.4 Å². The molecular formula is C20H21ClN4O2S. The van der Waals surface area contributed by atoms with E-state index in [2.05, 4.69) is 15.5 Å². The van der Waals surface area contributed by atoms with Crippen LogP contribution >= 0.6 is 23.4 Å². The molecule has 0 aliphatic heterocycles. The second-order valence-electron chi connectivity index (χ2n) is 5.85. The van der Waals surface area contributed by atoms with Gasteiger partial charge in [0.25, 0.3) is 0 Å². The van der Waals surface area contributed by atoms with E-state index < -0.39 is 0 Å². The molecule has 0 radical (unpaired) electrons. The molecule has 1 N–H and O–H groups in total. The van der Waals surface area contributed by atoms with E-state index in [4.69, 9.17) is 16.3 Å². The van der Waals surface area contributed by atoms with Gasteiger partial charge in [0.2, 0.25) is 5.91 Å². The van der Waals surface area contributed by atoms with E-state index in [9.17, 15) is 4.79 Å². The Hall–Kier alpha value is -2.51. The number of anilines is 1. The molecule has 0 saturated carbocycles. The van der Waals surface area contributed by atoms with E-state index in [1.54, 1.807) is 24.3 Å². The van der Waals surface area contributed by atoms with E-state index in [0.717, 1.165) is 17.1 Å². The number of ether oxygens (including phenoxy) is 1. The van der Waals surface area contributed by atoms with Gasteiger partial charge in [-0.25, -0.2) is 0 Å². The Morgan fingerprint density at radius 3 is 2.46 bits per heavy atom. The number of aromatic nitrogens is 3. The van der Waals surface area contributed by atoms with Crippen LogP contribution in [0.1, 0.15) is 13.8 Å². The Labute approximate surface area is 173 Å². The number of thioether (sulfide) groups is 1. The third kappa shape index (κ3) is 5.05. The van der Waals surface area contributed by atoms with Crippen LogP contribution in [0.4, 0.5) is 5.69 Å².